The molecule has 0 spiro atoms. The fourth-order valence-electron chi connectivity index (χ4n) is 2.34. The summed E-state index contributed by atoms with van der Waals surface area (Å²) in [7, 11) is 0. The Kier molecular flexibility index (Phi) is 6.08. The van der Waals surface area contributed by atoms with Gasteiger partial charge >= 0.3 is 0 Å². The van der Waals surface area contributed by atoms with Crippen LogP contribution >= 0.6 is 0 Å². The van der Waals surface area contributed by atoms with Gasteiger partial charge in [0.2, 0.25) is 12.3 Å². The van der Waals surface area contributed by atoms with E-state index in [0.717, 1.165) is 16.3 Å². The van der Waals surface area contributed by atoms with Crippen molar-refractivity contribution in [2.24, 2.45) is 5.73 Å². The highest BCUT2D eigenvalue weighted by molar-refractivity contribution is 5.85. The molecule has 6 nitrogen and oxygen atoms in total. The van der Waals surface area contributed by atoms with Crippen molar-refractivity contribution in [2.45, 2.75) is 18.6 Å². The third kappa shape index (κ3) is 4.77. The number of carbonyl (C=O) groups is 2. The summed E-state index contributed by atoms with van der Waals surface area (Å²) in [6, 6.07) is 13.2. The van der Waals surface area contributed by atoms with Gasteiger partial charge in [0.25, 0.3) is 0 Å². The molecule has 0 saturated heterocycles. The Labute approximate surface area is 134 Å². The first-order chi connectivity index (χ1) is 11.1. The summed E-state index contributed by atoms with van der Waals surface area (Å²) in [5.41, 5.74) is 6.24. The number of carbonyl (C=O) groups excluding carboxylic acids is 2. The molecule has 2 rings (SSSR count). The van der Waals surface area contributed by atoms with Crippen molar-refractivity contribution in [3.8, 4) is 0 Å². The highest BCUT2D eigenvalue weighted by Gasteiger charge is 2.18. The van der Waals surface area contributed by atoms with E-state index < -0.39 is 12.1 Å². The lowest BCUT2D eigenvalue weighted by molar-refractivity contribution is -0.125. The van der Waals surface area contributed by atoms with Crippen LogP contribution in [-0.4, -0.2) is 42.7 Å². The zero-order chi connectivity index (χ0) is 16.7. The van der Waals surface area contributed by atoms with Crippen molar-refractivity contribution in [3.05, 3.63) is 48.0 Å². The summed E-state index contributed by atoms with van der Waals surface area (Å²) in [6.07, 6.45) is 0.0789. The zero-order valence-electron chi connectivity index (χ0n) is 12.7. The van der Waals surface area contributed by atoms with Gasteiger partial charge in [0.05, 0.1) is 6.10 Å². The molecule has 2 amide bonds. The molecule has 0 fully saturated rings. The Morgan fingerprint density at radius 1 is 1.22 bits per heavy atom. The number of nitrogens with two attached hydrogens (primary N) is 1. The van der Waals surface area contributed by atoms with E-state index in [4.69, 9.17) is 5.73 Å². The first-order valence-corrected chi connectivity index (χ1v) is 7.47. The van der Waals surface area contributed by atoms with Crippen LogP contribution in [0, 0.1) is 0 Å². The van der Waals surface area contributed by atoms with E-state index >= 15 is 0 Å². The van der Waals surface area contributed by atoms with Crippen LogP contribution in [0.15, 0.2) is 42.5 Å². The summed E-state index contributed by atoms with van der Waals surface area (Å²) < 4.78 is 0. The topological polar surface area (TPSA) is 104 Å². The molecular formula is C17H21N3O3. The molecule has 0 aromatic heterocycles. The standard InChI is InChI=1S/C17H21N3O3/c18-9-15(22)10-19-17(23)16(20-11-21)8-12-5-6-13-3-1-2-4-14(13)7-12/h1-7,11,15-16,22H,8-10,18H2,(H,19,23)(H,20,21). The number of hydrogen-bond acceptors (Lipinski definition) is 4. The quantitative estimate of drug-likeness (QED) is 0.512. The third-order valence-corrected chi connectivity index (χ3v) is 3.62. The van der Waals surface area contributed by atoms with Gasteiger partial charge in [0.1, 0.15) is 6.04 Å². The Hall–Kier alpha value is -2.44. The molecule has 2 atom stereocenters. The van der Waals surface area contributed by atoms with Crippen LogP contribution in [0.3, 0.4) is 0 Å². The zero-order valence-corrected chi connectivity index (χ0v) is 12.7. The molecule has 6 heteroatoms. The number of fused-ring (bicyclic) bond motifs is 1. The maximum Gasteiger partial charge on any atom is 0.243 e. The minimum absolute atomic E-state index is 0.0596. The van der Waals surface area contributed by atoms with Crippen molar-refractivity contribution in [1.29, 1.82) is 0 Å². The molecule has 0 saturated carbocycles. The monoisotopic (exact) mass is 315 g/mol. The minimum atomic E-state index is -0.795. The van der Waals surface area contributed by atoms with Gasteiger partial charge in [-0.2, -0.15) is 0 Å². The summed E-state index contributed by atoms with van der Waals surface area (Å²) in [6.45, 7) is 0.126. The molecule has 2 aromatic carbocycles. The normalized spacial score (nSPS) is 13.3. The van der Waals surface area contributed by atoms with Crippen LogP contribution in [0.2, 0.25) is 0 Å². The van der Waals surface area contributed by atoms with E-state index in [1.54, 1.807) is 0 Å². The number of aliphatic hydroxyl groups excluding tert-OH is 1. The highest BCUT2D eigenvalue weighted by atomic mass is 16.3. The highest BCUT2D eigenvalue weighted by Crippen LogP contribution is 2.16. The van der Waals surface area contributed by atoms with Crippen molar-refractivity contribution in [3.63, 3.8) is 0 Å². The van der Waals surface area contributed by atoms with Gasteiger partial charge in [-0.15, -0.1) is 0 Å². The predicted molar refractivity (Wildman–Crippen MR) is 88.7 cm³/mol. The van der Waals surface area contributed by atoms with Gasteiger partial charge in [-0.05, 0) is 16.3 Å². The third-order valence-electron chi connectivity index (χ3n) is 3.62. The Bertz CT molecular complexity index is 675. The second-order valence-corrected chi connectivity index (χ2v) is 5.36. The summed E-state index contributed by atoms with van der Waals surface area (Å²) >= 11 is 0. The molecule has 0 bridgehead atoms. The van der Waals surface area contributed by atoms with Gasteiger partial charge < -0.3 is 21.5 Å². The van der Waals surface area contributed by atoms with Crippen LogP contribution in [0.4, 0.5) is 0 Å². The first kappa shape index (κ1) is 16.9. The Balaban J connectivity index is 2.07. The molecule has 0 aliphatic heterocycles. The predicted octanol–water partition coefficient (Wildman–Crippen LogP) is -0.0673. The van der Waals surface area contributed by atoms with E-state index in [1.165, 1.54) is 0 Å². The van der Waals surface area contributed by atoms with Gasteiger partial charge in [0.15, 0.2) is 0 Å². The largest absolute Gasteiger partial charge is 0.390 e. The smallest absolute Gasteiger partial charge is 0.243 e. The lowest BCUT2D eigenvalue weighted by Crippen LogP contribution is -2.47. The Morgan fingerprint density at radius 3 is 2.65 bits per heavy atom. The lowest BCUT2D eigenvalue weighted by atomic mass is 10.0. The average Bonchev–Trinajstić information content (AvgIpc) is 2.58. The maximum atomic E-state index is 12.1. The van der Waals surface area contributed by atoms with Crippen LogP contribution < -0.4 is 16.4 Å². The number of amides is 2. The fourth-order valence-corrected chi connectivity index (χ4v) is 2.34. The summed E-state index contributed by atoms with van der Waals surface area (Å²) in [5, 5.41) is 16.7. The van der Waals surface area contributed by atoms with Gasteiger partial charge in [-0.25, -0.2) is 0 Å². The van der Waals surface area contributed by atoms with Crippen molar-refractivity contribution < 1.29 is 14.7 Å². The second kappa shape index (κ2) is 8.26. The van der Waals surface area contributed by atoms with Crippen molar-refractivity contribution in [1.82, 2.24) is 10.6 Å². The summed E-state index contributed by atoms with van der Waals surface area (Å²) in [5.74, 6) is -0.349. The lowest BCUT2D eigenvalue weighted by Gasteiger charge is -2.17. The molecule has 0 aliphatic rings. The van der Waals surface area contributed by atoms with Crippen LogP contribution in [-0.2, 0) is 16.0 Å². The molecule has 0 radical (unpaired) electrons. The molecule has 23 heavy (non-hydrogen) atoms. The number of rotatable bonds is 8. The van der Waals surface area contributed by atoms with E-state index in [-0.39, 0.29) is 19.0 Å². The molecule has 122 valence electrons. The number of hydrogen-bond donors (Lipinski definition) is 4. The van der Waals surface area contributed by atoms with Gasteiger partial charge in [0, 0.05) is 19.5 Å². The van der Waals surface area contributed by atoms with E-state index in [0.29, 0.717) is 12.8 Å². The SMILES string of the molecule is NCC(O)CNC(=O)C(Cc1ccc2ccccc2c1)NC=O. The number of aliphatic hydroxyl groups is 1. The average molecular weight is 315 g/mol. The van der Waals surface area contributed by atoms with Crippen molar-refractivity contribution in [2.75, 3.05) is 13.1 Å². The first-order valence-electron chi connectivity index (χ1n) is 7.47. The second-order valence-electron chi connectivity index (χ2n) is 5.36. The fraction of sp³-hybridized carbons (Fsp3) is 0.294. The Morgan fingerprint density at radius 2 is 1.96 bits per heavy atom. The molecular weight excluding hydrogens is 294 g/mol. The van der Waals surface area contributed by atoms with E-state index in [9.17, 15) is 14.7 Å². The molecule has 5 N–H and O–H groups in total. The van der Waals surface area contributed by atoms with Gasteiger partial charge in [-0.3, -0.25) is 9.59 Å². The minimum Gasteiger partial charge on any atom is -0.390 e. The van der Waals surface area contributed by atoms with Crippen LogP contribution in [0.25, 0.3) is 10.8 Å². The molecule has 2 aromatic rings. The molecule has 0 aliphatic carbocycles. The summed E-state index contributed by atoms with van der Waals surface area (Å²) in [4.78, 5) is 22.9. The molecule has 2 unspecified atom stereocenters. The van der Waals surface area contributed by atoms with Crippen LogP contribution in [0.5, 0.6) is 0 Å². The van der Waals surface area contributed by atoms with Gasteiger partial charge in [-0.1, -0.05) is 42.5 Å². The van der Waals surface area contributed by atoms with E-state index in [2.05, 4.69) is 10.6 Å². The van der Waals surface area contributed by atoms with Crippen LogP contribution in [0.1, 0.15) is 5.56 Å². The number of nitrogens with one attached hydrogen (secondary N) is 2. The molecule has 0 heterocycles. The number of benzene rings is 2. The maximum absolute atomic E-state index is 12.1. The van der Waals surface area contributed by atoms with E-state index in [1.807, 2.05) is 42.5 Å². The van der Waals surface area contributed by atoms with Crippen molar-refractivity contribution >= 4 is 23.1 Å².